The monoisotopic (exact) mass is 192 g/mol. The summed E-state index contributed by atoms with van der Waals surface area (Å²) in [4.78, 5) is 0. The molecule has 74 valence electrons. The van der Waals surface area contributed by atoms with Crippen LogP contribution in [-0.4, -0.2) is 11.2 Å². The first-order valence-corrected chi connectivity index (χ1v) is 4.59. The summed E-state index contributed by atoms with van der Waals surface area (Å²) in [5, 5.41) is 1.04. The topological polar surface area (TPSA) is 30.9 Å². The molecule has 2 rings (SSSR count). The molecule has 0 aliphatic carbocycles. The molecule has 1 aromatic heterocycles. The minimum absolute atomic E-state index is 0.513. The number of para-hydroxylation sites is 1. The van der Waals surface area contributed by atoms with E-state index in [0.29, 0.717) is 0 Å². The molecule has 0 saturated carbocycles. The van der Waals surface area contributed by atoms with Crippen LogP contribution in [0, 0.1) is 0 Å². The van der Waals surface area contributed by atoms with Crippen molar-refractivity contribution in [3.8, 4) is 0 Å². The number of aryl methyl sites for hydroxylation is 1. The van der Waals surface area contributed by atoms with Crippen molar-refractivity contribution in [2.75, 3.05) is 6.67 Å². The highest BCUT2D eigenvalue weighted by molar-refractivity contribution is 5.84. The SMILES string of the molecule is Cn1cc([C@@H](N)CF)c2ccccc21. The summed E-state index contributed by atoms with van der Waals surface area (Å²) < 4.78 is 14.4. The van der Waals surface area contributed by atoms with E-state index in [1.54, 1.807) is 0 Å². The third-order valence-electron chi connectivity index (χ3n) is 2.49. The quantitative estimate of drug-likeness (QED) is 0.776. The average Bonchev–Trinajstić information content (AvgIpc) is 2.56. The summed E-state index contributed by atoms with van der Waals surface area (Å²) in [6, 6.07) is 7.37. The van der Waals surface area contributed by atoms with E-state index in [4.69, 9.17) is 5.73 Å². The van der Waals surface area contributed by atoms with Crippen LogP contribution in [0.25, 0.3) is 10.9 Å². The lowest BCUT2D eigenvalue weighted by molar-refractivity contribution is 0.438. The lowest BCUT2D eigenvalue weighted by atomic mass is 10.1. The Morgan fingerprint density at radius 2 is 2.14 bits per heavy atom. The van der Waals surface area contributed by atoms with Crippen LogP contribution in [0.4, 0.5) is 4.39 Å². The van der Waals surface area contributed by atoms with Gasteiger partial charge in [-0.2, -0.15) is 0 Å². The molecular weight excluding hydrogens is 179 g/mol. The molecule has 0 fully saturated rings. The first kappa shape index (κ1) is 9.21. The second kappa shape index (κ2) is 3.42. The van der Waals surface area contributed by atoms with Crippen molar-refractivity contribution < 1.29 is 4.39 Å². The van der Waals surface area contributed by atoms with Crippen LogP contribution >= 0.6 is 0 Å². The molecule has 0 spiro atoms. The van der Waals surface area contributed by atoms with E-state index >= 15 is 0 Å². The van der Waals surface area contributed by atoms with Gasteiger partial charge in [0.05, 0.1) is 6.04 Å². The van der Waals surface area contributed by atoms with Crippen molar-refractivity contribution in [2.45, 2.75) is 6.04 Å². The predicted molar refractivity (Wildman–Crippen MR) is 55.8 cm³/mol. The van der Waals surface area contributed by atoms with E-state index in [-0.39, 0.29) is 0 Å². The fourth-order valence-corrected chi connectivity index (χ4v) is 1.75. The maximum Gasteiger partial charge on any atom is 0.109 e. The van der Waals surface area contributed by atoms with Crippen LogP contribution in [-0.2, 0) is 7.05 Å². The standard InChI is InChI=1S/C11H13FN2/c1-14-7-9(10(13)6-12)8-4-2-3-5-11(8)14/h2-5,7,10H,6,13H2,1H3/t10-/m0/s1. The van der Waals surface area contributed by atoms with Crippen molar-refractivity contribution >= 4 is 10.9 Å². The van der Waals surface area contributed by atoms with Gasteiger partial charge in [0.1, 0.15) is 6.67 Å². The van der Waals surface area contributed by atoms with Gasteiger partial charge in [-0.25, -0.2) is 4.39 Å². The summed E-state index contributed by atoms with van der Waals surface area (Å²) in [7, 11) is 1.94. The van der Waals surface area contributed by atoms with Crippen LogP contribution in [0.3, 0.4) is 0 Å². The molecular formula is C11H13FN2. The van der Waals surface area contributed by atoms with E-state index in [0.717, 1.165) is 16.5 Å². The lowest BCUT2D eigenvalue weighted by Gasteiger charge is -2.04. The van der Waals surface area contributed by atoms with Gasteiger partial charge in [-0.15, -0.1) is 0 Å². The Morgan fingerprint density at radius 3 is 2.86 bits per heavy atom. The fourth-order valence-electron chi connectivity index (χ4n) is 1.75. The number of aromatic nitrogens is 1. The van der Waals surface area contributed by atoms with Gasteiger partial charge in [0, 0.05) is 24.1 Å². The fraction of sp³-hybridized carbons (Fsp3) is 0.273. The Morgan fingerprint density at radius 1 is 1.43 bits per heavy atom. The molecule has 14 heavy (non-hydrogen) atoms. The average molecular weight is 192 g/mol. The molecule has 1 atom stereocenters. The molecule has 0 saturated heterocycles. The van der Waals surface area contributed by atoms with Gasteiger partial charge in [-0.3, -0.25) is 0 Å². The van der Waals surface area contributed by atoms with Crippen molar-refractivity contribution in [3.63, 3.8) is 0 Å². The van der Waals surface area contributed by atoms with Crippen LogP contribution in [0.15, 0.2) is 30.5 Å². The van der Waals surface area contributed by atoms with Crippen LogP contribution < -0.4 is 5.73 Å². The molecule has 1 aromatic carbocycles. The first-order valence-electron chi connectivity index (χ1n) is 4.59. The number of benzene rings is 1. The third-order valence-corrected chi connectivity index (χ3v) is 2.49. The highest BCUT2D eigenvalue weighted by Gasteiger charge is 2.12. The number of hydrogen-bond acceptors (Lipinski definition) is 1. The highest BCUT2D eigenvalue weighted by Crippen LogP contribution is 2.24. The molecule has 0 aliphatic heterocycles. The molecule has 1 heterocycles. The number of hydrogen-bond donors (Lipinski definition) is 1. The normalized spacial score (nSPS) is 13.4. The van der Waals surface area contributed by atoms with Crippen molar-refractivity contribution in [1.82, 2.24) is 4.57 Å². The zero-order valence-corrected chi connectivity index (χ0v) is 8.07. The molecule has 2 nitrogen and oxygen atoms in total. The number of fused-ring (bicyclic) bond motifs is 1. The number of rotatable bonds is 2. The number of alkyl halides is 1. The minimum atomic E-state index is -0.520. The Balaban J connectivity index is 2.66. The molecule has 0 amide bonds. The first-order chi connectivity index (χ1) is 6.74. The zero-order chi connectivity index (χ0) is 10.1. The van der Waals surface area contributed by atoms with Gasteiger partial charge in [-0.05, 0) is 11.6 Å². The maximum atomic E-state index is 12.5. The zero-order valence-electron chi connectivity index (χ0n) is 8.07. The van der Waals surface area contributed by atoms with Gasteiger partial charge in [0.25, 0.3) is 0 Å². The largest absolute Gasteiger partial charge is 0.350 e. The van der Waals surface area contributed by atoms with Crippen LogP contribution in [0.5, 0.6) is 0 Å². The predicted octanol–water partition coefficient (Wildman–Crippen LogP) is 2.15. The molecule has 0 unspecified atom stereocenters. The molecule has 3 heteroatoms. The molecule has 0 aliphatic rings. The van der Waals surface area contributed by atoms with Gasteiger partial charge >= 0.3 is 0 Å². The number of nitrogens with zero attached hydrogens (tertiary/aromatic N) is 1. The summed E-state index contributed by atoms with van der Waals surface area (Å²) in [5.74, 6) is 0. The van der Waals surface area contributed by atoms with Gasteiger partial charge in [-0.1, -0.05) is 18.2 Å². The molecule has 0 radical (unpaired) electrons. The van der Waals surface area contributed by atoms with Gasteiger partial charge < -0.3 is 10.3 Å². The third kappa shape index (κ3) is 1.30. The van der Waals surface area contributed by atoms with Gasteiger partial charge in [0.2, 0.25) is 0 Å². The Bertz CT molecular complexity index is 447. The summed E-state index contributed by atoms with van der Waals surface area (Å²) in [5.41, 5.74) is 7.65. The molecule has 0 bridgehead atoms. The number of nitrogens with two attached hydrogens (primary N) is 1. The van der Waals surface area contributed by atoms with Gasteiger partial charge in [0.15, 0.2) is 0 Å². The Labute approximate surface area is 82.1 Å². The van der Waals surface area contributed by atoms with E-state index < -0.39 is 12.7 Å². The van der Waals surface area contributed by atoms with Crippen molar-refractivity contribution in [3.05, 3.63) is 36.0 Å². The Kier molecular flexibility index (Phi) is 2.25. The van der Waals surface area contributed by atoms with E-state index in [1.165, 1.54) is 0 Å². The maximum absolute atomic E-state index is 12.5. The highest BCUT2D eigenvalue weighted by atomic mass is 19.1. The molecule has 2 N–H and O–H groups in total. The smallest absolute Gasteiger partial charge is 0.109 e. The number of halogens is 1. The van der Waals surface area contributed by atoms with E-state index in [9.17, 15) is 4.39 Å². The molecule has 2 aromatic rings. The van der Waals surface area contributed by atoms with Crippen molar-refractivity contribution in [1.29, 1.82) is 0 Å². The van der Waals surface area contributed by atoms with Crippen LogP contribution in [0.2, 0.25) is 0 Å². The summed E-state index contributed by atoms with van der Waals surface area (Å²) >= 11 is 0. The second-order valence-corrected chi connectivity index (χ2v) is 3.47. The summed E-state index contributed by atoms with van der Waals surface area (Å²) in [6.45, 7) is -0.520. The second-order valence-electron chi connectivity index (χ2n) is 3.47. The van der Waals surface area contributed by atoms with Crippen molar-refractivity contribution in [2.24, 2.45) is 12.8 Å². The van der Waals surface area contributed by atoms with E-state index in [2.05, 4.69) is 0 Å². The Hall–Kier alpha value is -1.35. The minimum Gasteiger partial charge on any atom is -0.350 e. The lowest BCUT2D eigenvalue weighted by Crippen LogP contribution is -2.11. The summed E-state index contributed by atoms with van der Waals surface area (Å²) in [6.07, 6.45) is 1.90. The van der Waals surface area contributed by atoms with E-state index in [1.807, 2.05) is 42.1 Å². The van der Waals surface area contributed by atoms with Crippen LogP contribution in [0.1, 0.15) is 11.6 Å².